The van der Waals surface area contributed by atoms with Crippen molar-refractivity contribution in [3.05, 3.63) is 60.0 Å². The number of H-pyrrole nitrogens is 1. The third-order valence-electron chi connectivity index (χ3n) is 3.75. The van der Waals surface area contributed by atoms with E-state index in [0.29, 0.717) is 0 Å². The summed E-state index contributed by atoms with van der Waals surface area (Å²) in [5.74, 6) is 1.55. The van der Waals surface area contributed by atoms with E-state index in [9.17, 15) is 0 Å². The first-order chi connectivity index (χ1) is 11.4. The molecule has 1 aliphatic heterocycles. The average molecular weight is 308 g/mol. The molecule has 6 nitrogen and oxygen atoms in total. The molecule has 3 aromatic rings. The molecule has 2 aromatic heterocycles. The molecule has 1 aromatic carbocycles. The van der Waals surface area contributed by atoms with E-state index in [4.69, 9.17) is 9.47 Å². The molecule has 0 radical (unpaired) electrons. The minimum absolute atomic E-state index is 0.279. The van der Waals surface area contributed by atoms with Crippen molar-refractivity contribution in [2.45, 2.75) is 13.1 Å². The van der Waals surface area contributed by atoms with Crippen molar-refractivity contribution >= 4 is 0 Å². The van der Waals surface area contributed by atoms with Crippen molar-refractivity contribution < 1.29 is 9.47 Å². The minimum atomic E-state index is 0.279. The van der Waals surface area contributed by atoms with Crippen LogP contribution in [0.2, 0.25) is 0 Å². The summed E-state index contributed by atoms with van der Waals surface area (Å²) in [7, 11) is 0. The number of nitrogens with zero attached hydrogens (tertiary/aromatic N) is 2. The molecule has 0 aliphatic carbocycles. The maximum absolute atomic E-state index is 5.44. The van der Waals surface area contributed by atoms with E-state index in [2.05, 4.69) is 20.5 Å². The molecule has 3 heterocycles. The molecule has 116 valence electrons. The molecule has 0 saturated heterocycles. The van der Waals surface area contributed by atoms with E-state index in [1.165, 1.54) is 0 Å². The van der Waals surface area contributed by atoms with Gasteiger partial charge in [-0.2, -0.15) is 5.10 Å². The van der Waals surface area contributed by atoms with Gasteiger partial charge in [-0.25, -0.2) is 0 Å². The van der Waals surface area contributed by atoms with Gasteiger partial charge in [0.25, 0.3) is 0 Å². The average Bonchev–Trinajstić information content (AvgIpc) is 3.24. The topological polar surface area (TPSA) is 72.1 Å². The fourth-order valence-corrected chi connectivity index (χ4v) is 2.59. The Hall–Kier alpha value is -2.86. The first-order valence-electron chi connectivity index (χ1n) is 7.42. The number of nitrogens with one attached hydrogen (secondary N) is 2. The lowest BCUT2D eigenvalue weighted by Gasteiger charge is -2.06. The van der Waals surface area contributed by atoms with E-state index < -0.39 is 0 Å². The van der Waals surface area contributed by atoms with E-state index in [1.54, 1.807) is 6.20 Å². The number of benzene rings is 1. The van der Waals surface area contributed by atoms with E-state index in [-0.39, 0.29) is 6.79 Å². The molecule has 0 fully saturated rings. The van der Waals surface area contributed by atoms with Crippen molar-refractivity contribution in [1.29, 1.82) is 0 Å². The van der Waals surface area contributed by atoms with Gasteiger partial charge in [0.1, 0.15) is 0 Å². The quantitative estimate of drug-likeness (QED) is 0.757. The van der Waals surface area contributed by atoms with Gasteiger partial charge < -0.3 is 14.8 Å². The molecule has 0 amide bonds. The van der Waals surface area contributed by atoms with Gasteiger partial charge >= 0.3 is 0 Å². The Kier molecular flexibility index (Phi) is 3.65. The Morgan fingerprint density at radius 2 is 2.04 bits per heavy atom. The highest BCUT2D eigenvalue weighted by atomic mass is 16.7. The Labute approximate surface area is 133 Å². The molecule has 1 aliphatic rings. The van der Waals surface area contributed by atoms with Crippen LogP contribution in [0.3, 0.4) is 0 Å². The number of hydrogen-bond donors (Lipinski definition) is 2. The molecule has 0 unspecified atom stereocenters. The smallest absolute Gasteiger partial charge is 0.231 e. The van der Waals surface area contributed by atoms with Crippen molar-refractivity contribution in [1.82, 2.24) is 20.5 Å². The summed E-state index contributed by atoms with van der Waals surface area (Å²) in [6.07, 6.45) is 5.48. The number of rotatable bonds is 5. The number of aromatic nitrogens is 3. The Morgan fingerprint density at radius 3 is 2.96 bits per heavy atom. The molecule has 0 spiro atoms. The van der Waals surface area contributed by atoms with Gasteiger partial charge in [0.15, 0.2) is 11.5 Å². The lowest BCUT2D eigenvalue weighted by molar-refractivity contribution is 0.174. The van der Waals surface area contributed by atoms with Crippen LogP contribution >= 0.6 is 0 Å². The third-order valence-corrected chi connectivity index (χ3v) is 3.75. The van der Waals surface area contributed by atoms with Crippen molar-refractivity contribution in [3.63, 3.8) is 0 Å². The van der Waals surface area contributed by atoms with E-state index >= 15 is 0 Å². The fraction of sp³-hybridized carbons (Fsp3) is 0.176. The molecule has 0 bridgehead atoms. The van der Waals surface area contributed by atoms with Crippen LogP contribution < -0.4 is 14.8 Å². The van der Waals surface area contributed by atoms with Gasteiger partial charge in [-0.05, 0) is 29.8 Å². The number of ether oxygens (including phenoxy) is 2. The van der Waals surface area contributed by atoms with Gasteiger partial charge in [0.2, 0.25) is 6.79 Å². The standard InChI is InChI=1S/C17H16N4O2/c1-2-12(7-18-5-1)8-19-9-14-10-20-21-17(14)13-3-4-15-16(6-13)23-11-22-15/h1-7,10,19H,8-9,11H2,(H,20,21). The first-order valence-corrected chi connectivity index (χ1v) is 7.42. The highest BCUT2D eigenvalue weighted by molar-refractivity contribution is 5.66. The second kappa shape index (κ2) is 6.10. The van der Waals surface area contributed by atoms with Crippen LogP contribution in [-0.4, -0.2) is 22.0 Å². The molecule has 0 atom stereocenters. The molecular weight excluding hydrogens is 292 g/mol. The second-order valence-electron chi connectivity index (χ2n) is 5.30. The molecular formula is C17H16N4O2. The number of fused-ring (bicyclic) bond motifs is 1. The van der Waals surface area contributed by atoms with Crippen LogP contribution in [0.1, 0.15) is 11.1 Å². The predicted molar refractivity (Wildman–Crippen MR) is 84.9 cm³/mol. The van der Waals surface area contributed by atoms with Crippen molar-refractivity contribution in [2.75, 3.05) is 6.79 Å². The van der Waals surface area contributed by atoms with Crippen LogP contribution in [0.25, 0.3) is 11.3 Å². The van der Waals surface area contributed by atoms with Gasteiger partial charge in [-0.1, -0.05) is 6.07 Å². The summed E-state index contributed by atoms with van der Waals surface area (Å²) in [5, 5.41) is 10.6. The second-order valence-corrected chi connectivity index (χ2v) is 5.30. The van der Waals surface area contributed by atoms with Gasteiger partial charge in [0, 0.05) is 36.6 Å². The van der Waals surface area contributed by atoms with Crippen molar-refractivity contribution in [3.8, 4) is 22.8 Å². The van der Waals surface area contributed by atoms with Crippen molar-refractivity contribution in [2.24, 2.45) is 0 Å². The maximum Gasteiger partial charge on any atom is 0.231 e. The van der Waals surface area contributed by atoms with Gasteiger partial charge in [-0.3, -0.25) is 10.1 Å². The van der Waals surface area contributed by atoms with Crippen LogP contribution in [0.5, 0.6) is 11.5 Å². The summed E-state index contributed by atoms with van der Waals surface area (Å²) in [4.78, 5) is 4.11. The molecule has 4 rings (SSSR count). The highest BCUT2D eigenvalue weighted by Gasteiger charge is 2.16. The summed E-state index contributed by atoms with van der Waals surface area (Å²) in [5.41, 5.74) is 4.28. The number of aromatic amines is 1. The maximum atomic E-state index is 5.44. The van der Waals surface area contributed by atoms with E-state index in [1.807, 2.05) is 42.7 Å². The lowest BCUT2D eigenvalue weighted by atomic mass is 10.1. The van der Waals surface area contributed by atoms with Crippen LogP contribution in [0.15, 0.2) is 48.9 Å². The van der Waals surface area contributed by atoms with E-state index in [0.717, 1.165) is 47.0 Å². The predicted octanol–water partition coefficient (Wildman–Crippen LogP) is 2.49. The third kappa shape index (κ3) is 2.89. The van der Waals surface area contributed by atoms with Gasteiger partial charge in [0.05, 0.1) is 11.9 Å². The summed E-state index contributed by atoms with van der Waals surface area (Å²) < 4.78 is 10.8. The lowest BCUT2D eigenvalue weighted by Crippen LogP contribution is -2.12. The van der Waals surface area contributed by atoms with Crippen LogP contribution in [0, 0.1) is 0 Å². The largest absolute Gasteiger partial charge is 0.454 e. The molecule has 2 N–H and O–H groups in total. The number of pyridine rings is 1. The summed E-state index contributed by atoms with van der Waals surface area (Å²) in [6.45, 7) is 1.76. The molecule has 0 saturated carbocycles. The monoisotopic (exact) mass is 308 g/mol. The first kappa shape index (κ1) is 13.8. The highest BCUT2D eigenvalue weighted by Crippen LogP contribution is 2.36. The summed E-state index contributed by atoms with van der Waals surface area (Å²) in [6, 6.07) is 9.89. The Bertz CT molecular complexity index is 801. The zero-order valence-corrected chi connectivity index (χ0v) is 12.5. The van der Waals surface area contributed by atoms with Crippen LogP contribution in [-0.2, 0) is 13.1 Å². The Balaban J connectivity index is 1.48. The summed E-state index contributed by atoms with van der Waals surface area (Å²) >= 11 is 0. The SMILES string of the molecule is c1cncc(CNCc2cn[nH]c2-c2ccc3c(c2)OCO3)c1. The minimum Gasteiger partial charge on any atom is -0.454 e. The molecule has 6 heteroatoms. The zero-order chi connectivity index (χ0) is 15.5. The zero-order valence-electron chi connectivity index (χ0n) is 12.5. The fourth-order valence-electron chi connectivity index (χ4n) is 2.59. The normalized spacial score (nSPS) is 12.5. The van der Waals surface area contributed by atoms with Crippen LogP contribution in [0.4, 0.5) is 0 Å². The Morgan fingerprint density at radius 1 is 1.09 bits per heavy atom. The van der Waals surface area contributed by atoms with Gasteiger partial charge in [-0.15, -0.1) is 0 Å². The molecule has 23 heavy (non-hydrogen) atoms. The number of hydrogen-bond acceptors (Lipinski definition) is 5.